The summed E-state index contributed by atoms with van der Waals surface area (Å²) in [6.07, 6.45) is 1.02. The number of non-ortho nitro benzene ring substituents is 1. The van der Waals surface area contributed by atoms with Crippen molar-refractivity contribution in [2.75, 3.05) is 0 Å². The molecule has 0 radical (unpaired) electrons. The van der Waals surface area contributed by atoms with Gasteiger partial charge in [-0.05, 0) is 23.5 Å². The number of hydrogen-bond acceptors (Lipinski definition) is 4. The lowest BCUT2D eigenvalue weighted by Gasteiger charge is -2.15. The van der Waals surface area contributed by atoms with E-state index in [4.69, 9.17) is 0 Å². The fourth-order valence-electron chi connectivity index (χ4n) is 3.42. The molecular formula is C21H18N2O5. The Morgan fingerprint density at radius 3 is 2.54 bits per heavy atom. The van der Waals surface area contributed by atoms with Gasteiger partial charge in [-0.2, -0.15) is 0 Å². The summed E-state index contributed by atoms with van der Waals surface area (Å²) in [6, 6.07) is 15.5. The summed E-state index contributed by atoms with van der Waals surface area (Å²) in [6.45, 7) is 1.87. The third-order valence-corrected chi connectivity index (χ3v) is 4.62. The molecule has 7 nitrogen and oxygen atoms in total. The van der Waals surface area contributed by atoms with Gasteiger partial charge in [-0.25, -0.2) is 4.79 Å². The Morgan fingerprint density at radius 2 is 1.93 bits per heavy atom. The zero-order valence-electron chi connectivity index (χ0n) is 15.1. The van der Waals surface area contributed by atoms with Gasteiger partial charge in [0.1, 0.15) is 0 Å². The number of aromatic nitrogens is 1. The number of H-pyrrole nitrogens is 1. The fraction of sp³-hybridized carbons (Fsp3) is 0.143. The van der Waals surface area contributed by atoms with E-state index in [0.29, 0.717) is 29.5 Å². The average Bonchev–Trinajstić information content (AvgIpc) is 3.09. The number of carbonyl (C=O) groups excluding carboxylic acids is 1. The Hall–Kier alpha value is -3.74. The molecular weight excluding hydrogens is 360 g/mol. The maximum Gasteiger partial charge on any atom is 0.338 e. The number of hydrogen-bond donors (Lipinski definition) is 2. The van der Waals surface area contributed by atoms with E-state index in [0.717, 1.165) is 5.56 Å². The van der Waals surface area contributed by atoms with Gasteiger partial charge in [0.05, 0.1) is 21.9 Å². The molecule has 7 heteroatoms. The monoisotopic (exact) mass is 378 g/mol. The Morgan fingerprint density at radius 1 is 1.21 bits per heavy atom. The molecule has 1 unspecified atom stereocenters. The molecule has 2 aromatic carbocycles. The summed E-state index contributed by atoms with van der Waals surface area (Å²) in [5.74, 6) is -1.46. The minimum atomic E-state index is -1.22. The average molecular weight is 378 g/mol. The molecule has 1 atom stereocenters. The summed E-state index contributed by atoms with van der Waals surface area (Å²) in [5, 5.41) is 20.8. The Kier molecular flexibility index (Phi) is 5.35. The molecule has 0 saturated heterocycles. The molecule has 0 amide bonds. The Balaban J connectivity index is 2.17. The molecule has 0 saturated carbocycles. The van der Waals surface area contributed by atoms with Crippen LogP contribution in [0.2, 0.25) is 0 Å². The van der Waals surface area contributed by atoms with Crippen LogP contribution in [0.4, 0.5) is 5.69 Å². The first-order chi connectivity index (χ1) is 13.4. The molecule has 1 heterocycles. The highest BCUT2D eigenvalue weighted by atomic mass is 16.6. The van der Waals surface area contributed by atoms with Crippen LogP contribution in [0.5, 0.6) is 0 Å². The summed E-state index contributed by atoms with van der Waals surface area (Å²) >= 11 is 0. The van der Waals surface area contributed by atoms with E-state index in [1.807, 2.05) is 37.3 Å². The van der Waals surface area contributed by atoms with Gasteiger partial charge in [-0.3, -0.25) is 14.9 Å². The lowest BCUT2D eigenvalue weighted by molar-refractivity contribution is -0.384. The summed E-state index contributed by atoms with van der Waals surface area (Å²) in [7, 11) is 0. The number of nitrogens with zero attached hydrogens (tertiary/aromatic N) is 1. The third kappa shape index (κ3) is 3.68. The fourth-order valence-corrected chi connectivity index (χ4v) is 3.42. The van der Waals surface area contributed by atoms with Crippen LogP contribution >= 0.6 is 0 Å². The van der Waals surface area contributed by atoms with Crippen molar-refractivity contribution in [2.24, 2.45) is 0 Å². The largest absolute Gasteiger partial charge is 0.478 e. The van der Waals surface area contributed by atoms with E-state index in [1.54, 1.807) is 6.07 Å². The number of aromatic amines is 1. The molecule has 1 aromatic heterocycles. The molecule has 142 valence electrons. The zero-order valence-corrected chi connectivity index (χ0v) is 15.1. The highest BCUT2D eigenvalue weighted by Crippen LogP contribution is 2.36. The van der Waals surface area contributed by atoms with E-state index in [1.165, 1.54) is 18.2 Å². The molecule has 2 N–H and O–H groups in total. The number of carboxylic acids is 1. The van der Waals surface area contributed by atoms with Crippen molar-refractivity contribution >= 4 is 17.9 Å². The standard InChI is InChI=1S/C21H18N2O5/c1-13(10-14-6-3-2-4-7-14)18-19(21(25)26)17(12-24)22-20(18)15-8-5-9-16(11-15)23(27)28/h2-9,11-13,22H,10H2,1H3,(H,25,26). The van der Waals surface area contributed by atoms with E-state index in [2.05, 4.69) is 4.98 Å². The molecule has 0 spiro atoms. The molecule has 0 aliphatic rings. The molecule has 0 aliphatic carbocycles. The summed E-state index contributed by atoms with van der Waals surface area (Å²) in [5.41, 5.74) is 2.08. The van der Waals surface area contributed by atoms with Crippen LogP contribution in [-0.2, 0) is 6.42 Å². The minimum Gasteiger partial charge on any atom is -0.478 e. The van der Waals surface area contributed by atoms with Crippen LogP contribution < -0.4 is 0 Å². The number of carbonyl (C=O) groups is 2. The van der Waals surface area contributed by atoms with Gasteiger partial charge in [0.15, 0.2) is 6.29 Å². The predicted molar refractivity (Wildman–Crippen MR) is 104 cm³/mol. The van der Waals surface area contributed by atoms with Gasteiger partial charge in [-0.15, -0.1) is 0 Å². The van der Waals surface area contributed by atoms with Gasteiger partial charge in [-0.1, -0.05) is 49.4 Å². The number of aldehydes is 1. The smallest absolute Gasteiger partial charge is 0.338 e. The van der Waals surface area contributed by atoms with E-state index in [-0.39, 0.29) is 22.9 Å². The highest BCUT2D eigenvalue weighted by molar-refractivity contribution is 6.00. The van der Waals surface area contributed by atoms with Crippen LogP contribution in [0.3, 0.4) is 0 Å². The van der Waals surface area contributed by atoms with Crippen LogP contribution in [0.15, 0.2) is 54.6 Å². The summed E-state index contributed by atoms with van der Waals surface area (Å²) < 4.78 is 0. The number of rotatable bonds is 7. The first kappa shape index (κ1) is 19.0. The lowest BCUT2D eigenvalue weighted by atomic mass is 9.88. The van der Waals surface area contributed by atoms with Crippen LogP contribution in [0.25, 0.3) is 11.3 Å². The maximum atomic E-state index is 11.9. The topological polar surface area (TPSA) is 113 Å². The van der Waals surface area contributed by atoms with Crippen molar-refractivity contribution in [3.63, 3.8) is 0 Å². The highest BCUT2D eigenvalue weighted by Gasteiger charge is 2.27. The number of nitro benzene ring substituents is 1. The van der Waals surface area contributed by atoms with Crippen molar-refractivity contribution in [3.05, 3.63) is 87.1 Å². The number of nitro groups is 1. The third-order valence-electron chi connectivity index (χ3n) is 4.62. The quantitative estimate of drug-likeness (QED) is 0.358. The van der Waals surface area contributed by atoms with Gasteiger partial charge in [0, 0.05) is 17.7 Å². The second-order valence-electron chi connectivity index (χ2n) is 6.52. The van der Waals surface area contributed by atoms with E-state index >= 15 is 0 Å². The Labute approximate surface area is 160 Å². The van der Waals surface area contributed by atoms with Gasteiger partial charge >= 0.3 is 5.97 Å². The second kappa shape index (κ2) is 7.87. The van der Waals surface area contributed by atoms with Gasteiger partial charge in [0.25, 0.3) is 5.69 Å². The molecule has 3 aromatic rings. The van der Waals surface area contributed by atoms with Gasteiger partial charge < -0.3 is 10.1 Å². The first-order valence-electron chi connectivity index (χ1n) is 8.65. The number of aromatic carboxylic acids is 1. The first-order valence-corrected chi connectivity index (χ1v) is 8.65. The zero-order chi connectivity index (χ0) is 20.3. The summed E-state index contributed by atoms with van der Waals surface area (Å²) in [4.78, 5) is 36.8. The molecule has 0 fully saturated rings. The van der Waals surface area contributed by atoms with E-state index < -0.39 is 10.9 Å². The van der Waals surface area contributed by atoms with Crippen molar-refractivity contribution in [1.29, 1.82) is 0 Å². The van der Waals surface area contributed by atoms with Gasteiger partial charge in [0.2, 0.25) is 0 Å². The number of benzene rings is 2. The number of nitrogens with one attached hydrogen (secondary N) is 1. The van der Waals surface area contributed by atoms with Crippen molar-refractivity contribution in [1.82, 2.24) is 4.98 Å². The second-order valence-corrected chi connectivity index (χ2v) is 6.52. The maximum absolute atomic E-state index is 11.9. The molecule has 0 aliphatic heterocycles. The van der Waals surface area contributed by atoms with Crippen molar-refractivity contribution in [3.8, 4) is 11.3 Å². The van der Waals surface area contributed by atoms with Crippen LogP contribution in [-0.4, -0.2) is 27.3 Å². The normalized spacial score (nSPS) is 11.8. The van der Waals surface area contributed by atoms with Crippen LogP contribution in [0, 0.1) is 10.1 Å². The van der Waals surface area contributed by atoms with E-state index in [9.17, 15) is 24.8 Å². The minimum absolute atomic E-state index is 0.0519. The lowest BCUT2D eigenvalue weighted by Crippen LogP contribution is -2.08. The Bertz CT molecular complexity index is 1040. The molecule has 28 heavy (non-hydrogen) atoms. The SMILES string of the molecule is CC(Cc1ccccc1)c1c(-c2cccc([N+](=O)[O-])c2)[nH]c(C=O)c1C(=O)O. The van der Waals surface area contributed by atoms with Crippen molar-refractivity contribution < 1.29 is 19.6 Å². The van der Waals surface area contributed by atoms with Crippen molar-refractivity contribution in [2.45, 2.75) is 19.3 Å². The predicted octanol–water partition coefficient (Wildman–Crippen LogP) is 4.45. The number of carboxylic acid groups (broad SMARTS) is 1. The van der Waals surface area contributed by atoms with Crippen LogP contribution in [0.1, 0.15) is 44.8 Å². The molecule has 3 rings (SSSR count). The molecule has 0 bridgehead atoms.